The summed E-state index contributed by atoms with van der Waals surface area (Å²) in [4.78, 5) is 4.16. The summed E-state index contributed by atoms with van der Waals surface area (Å²) in [5.41, 5.74) is 2.72. The minimum Gasteiger partial charge on any atom is -0.305 e. The van der Waals surface area contributed by atoms with E-state index >= 15 is 0 Å². The van der Waals surface area contributed by atoms with Crippen molar-refractivity contribution in [3.05, 3.63) is 66.0 Å². The van der Waals surface area contributed by atoms with Crippen molar-refractivity contribution in [3.63, 3.8) is 0 Å². The molecule has 1 aromatic heterocycles. The van der Waals surface area contributed by atoms with Gasteiger partial charge in [-0.1, -0.05) is 57.2 Å². The second-order valence-electron chi connectivity index (χ2n) is 5.95. The summed E-state index contributed by atoms with van der Waals surface area (Å²) in [5.74, 6) is 0. The zero-order chi connectivity index (χ0) is 13.7. The van der Waals surface area contributed by atoms with Gasteiger partial charge in [0.25, 0.3) is 0 Å². The molecule has 0 aliphatic heterocycles. The largest absolute Gasteiger partial charge is 0.305 e. The van der Waals surface area contributed by atoms with Crippen LogP contribution in [0.1, 0.15) is 37.9 Å². The molecule has 0 saturated heterocycles. The molecule has 19 heavy (non-hydrogen) atoms. The van der Waals surface area contributed by atoms with Gasteiger partial charge in [-0.05, 0) is 22.6 Å². The van der Waals surface area contributed by atoms with Gasteiger partial charge in [-0.25, -0.2) is 0 Å². The van der Waals surface area contributed by atoms with E-state index in [1.807, 2.05) is 18.5 Å². The van der Waals surface area contributed by atoms with Gasteiger partial charge in [-0.2, -0.15) is 0 Å². The molecule has 1 N–H and O–H groups in total. The predicted octanol–water partition coefficient (Wildman–Crippen LogP) is 3.96. The van der Waals surface area contributed by atoms with Crippen molar-refractivity contribution < 1.29 is 0 Å². The SMILES string of the molecule is CC(C)(C)C(NCc1cccnc1)c1ccccc1. The molecule has 100 valence electrons. The number of hydrogen-bond acceptors (Lipinski definition) is 2. The van der Waals surface area contributed by atoms with E-state index in [1.54, 1.807) is 0 Å². The van der Waals surface area contributed by atoms with Crippen LogP contribution in [0.25, 0.3) is 0 Å². The Balaban J connectivity index is 2.12. The van der Waals surface area contributed by atoms with Crippen LogP contribution in [0.15, 0.2) is 54.9 Å². The number of pyridine rings is 1. The van der Waals surface area contributed by atoms with Gasteiger partial charge < -0.3 is 5.32 Å². The fraction of sp³-hybridized carbons (Fsp3) is 0.353. The fourth-order valence-electron chi connectivity index (χ4n) is 2.29. The first-order valence-corrected chi connectivity index (χ1v) is 6.74. The second kappa shape index (κ2) is 5.98. The van der Waals surface area contributed by atoms with E-state index in [0.29, 0.717) is 6.04 Å². The summed E-state index contributed by atoms with van der Waals surface area (Å²) in [6, 6.07) is 15.0. The van der Waals surface area contributed by atoms with E-state index in [1.165, 1.54) is 11.1 Å². The Kier molecular flexibility index (Phi) is 4.33. The number of nitrogens with one attached hydrogen (secondary N) is 1. The van der Waals surface area contributed by atoms with Crippen molar-refractivity contribution in [2.75, 3.05) is 0 Å². The van der Waals surface area contributed by atoms with Crippen LogP contribution in [-0.4, -0.2) is 4.98 Å². The average molecular weight is 254 g/mol. The molecule has 2 aromatic rings. The predicted molar refractivity (Wildman–Crippen MR) is 79.7 cm³/mol. The van der Waals surface area contributed by atoms with Crippen molar-refractivity contribution in [2.45, 2.75) is 33.4 Å². The number of hydrogen-bond donors (Lipinski definition) is 1. The zero-order valence-corrected chi connectivity index (χ0v) is 11.9. The molecule has 0 aliphatic rings. The molecule has 2 heteroatoms. The van der Waals surface area contributed by atoms with Crippen LogP contribution in [0, 0.1) is 5.41 Å². The van der Waals surface area contributed by atoms with Crippen LogP contribution in [0.3, 0.4) is 0 Å². The van der Waals surface area contributed by atoms with Crippen LogP contribution in [0.2, 0.25) is 0 Å². The topological polar surface area (TPSA) is 24.9 Å². The maximum Gasteiger partial charge on any atom is 0.0372 e. The van der Waals surface area contributed by atoms with E-state index in [-0.39, 0.29) is 5.41 Å². The maximum atomic E-state index is 4.16. The van der Waals surface area contributed by atoms with E-state index in [9.17, 15) is 0 Å². The Morgan fingerprint density at radius 3 is 2.37 bits per heavy atom. The highest BCUT2D eigenvalue weighted by Crippen LogP contribution is 2.32. The van der Waals surface area contributed by atoms with E-state index in [4.69, 9.17) is 0 Å². The third-order valence-corrected chi connectivity index (χ3v) is 3.23. The third-order valence-electron chi connectivity index (χ3n) is 3.23. The Hall–Kier alpha value is -1.67. The summed E-state index contributed by atoms with van der Waals surface area (Å²) in [7, 11) is 0. The molecular weight excluding hydrogens is 232 g/mol. The molecule has 0 saturated carbocycles. The highest BCUT2D eigenvalue weighted by Gasteiger charge is 2.25. The lowest BCUT2D eigenvalue weighted by Crippen LogP contribution is -2.32. The van der Waals surface area contributed by atoms with Gasteiger partial charge in [0.2, 0.25) is 0 Å². The van der Waals surface area contributed by atoms with Gasteiger partial charge >= 0.3 is 0 Å². The highest BCUT2D eigenvalue weighted by molar-refractivity contribution is 5.21. The molecule has 0 spiro atoms. The Labute approximate surface area is 115 Å². The Morgan fingerprint density at radius 2 is 1.79 bits per heavy atom. The van der Waals surface area contributed by atoms with Crippen LogP contribution < -0.4 is 5.32 Å². The van der Waals surface area contributed by atoms with Crippen LogP contribution in [0.4, 0.5) is 0 Å². The molecular formula is C17H22N2. The number of benzene rings is 1. The molecule has 1 heterocycles. The van der Waals surface area contributed by atoms with E-state index in [2.05, 4.69) is 67.5 Å². The van der Waals surface area contributed by atoms with Gasteiger partial charge in [0, 0.05) is 25.0 Å². The smallest absolute Gasteiger partial charge is 0.0372 e. The average Bonchev–Trinajstić information content (AvgIpc) is 2.40. The molecule has 2 rings (SSSR count). The lowest BCUT2D eigenvalue weighted by atomic mass is 9.82. The molecule has 0 fully saturated rings. The standard InChI is InChI=1S/C17H22N2/c1-17(2,3)16(15-9-5-4-6-10-15)19-13-14-8-7-11-18-12-14/h4-12,16,19H,13H2,1-3H3. The lowest BCUT2D eigenvalue weighted by Gasteiger charge is -2.32. The van der Waals surface area contributed by atoms with E-state index in [0.717, 1.165) is 6.54 Å². The Bertz CT molecular complexity index is 486. The number of rotatable bonds is 4. The summed E-state index contributed by atoms with van der Waals surface area (Å²) in [6.07, 6.45) is 3.72. The summed E-state index contributed by atoms with van der Waals surface area (Å²) in [5, 5.41) is 3.65. The zero-order valence-electron chi connectivity index (χ0n) is 11.9. The first-order chi connectivity index (χ1) is 9.07. The second-order valence-corrected chi connectivity index (χ2v) is 5.95. The van der Waals surface area contributed by atoms with E-state index < -0.39 is 0 Å². The van der Waals surface area contributed by atoms with Crippen molar-refractivity contribution in [1.29, 1.82) is 0 Å². The quantitative estimate of drug-likeness (QED) is 0.893. The fourth-order valence-corrected chi connectivity index (χ4v) is 2.29. The minimum absolute atomic E-state index is 0.170. The van der Waals surface area contributed by atoms with Crippen LogP contribution in [-0.2, 0) is 6.54 Å². The minimum atomic E-state index is 0.170. The van der Waals surface area contributed by atoms with Gasteiger partial charge in [0.05, 0.1) is 0 Å². The molecule has 0 radical (unpaired) electrons. The molecule has 0 bridgehead atoms. The van der Waals surface area contributed by atoms with Crippen LogP contribution in [0.5, 0.6) is 0 Å². The first-order valence-electron chi connectivity index (χ1n) is 6.74. The van der Waals surface area contributed by atoms with Gasteiger partial charge in [-0.3, -0.25) is 4.98 Å². The molecule has 1 atom stereocenters. The Morgan fingerprint density at radius 1 is 1.05 bits per heavy atom. The highest BCUT2D eigenvalue weighted by atomic mass is 14.9. The monoisotopic (exact) mass is 254 g/mol. The summed E-state index contributed by atoms with van der Waals surface area (Å²) < 4.78 is 0. The number of aromatic nitrogens is 1. The molecule has 0 aliphatic carbocycles. The number of nitrogens with zero attached hydrogens (tertiary/aromatic N) is 1. The van der Waals surface area contributed by atoms with Crippen molar-refractivity contribution in [1.82, 2.24) is 10.3 Å². The molecule has 1 aromatic carbocycles. The van der Waals surface area contributed by atoms with Crippen molar-refractivity contribution >= 4 is 0 Å². The van der Waals surface area contributed by atoms with Crippen molar-refractivity contribution in [2.24, 2.45) is 5.41 Å². The van der Waals surface area contributed by atoms with Gasteiger partial charge in [0.1, 0.15) is 0 Å². The summed E-state index contributed by atoms with van der Waals surface area (Å²) >= 11 is 0. The normalized spacial score (nSPS) is 13.2. The van der Waals surface area contributed by atoms with Crippen LogP contribution >= 0.6 is 0 Å². The first kappa shape index (κ1) is 13.8. The van der Waals surface area contributed by atoms with Gasteiger partial charge in [0.15, 0.2) is 0 Å². The maximum absolute atomic E-state index is 4.16. The van der Waals surface area contributed by atoms with Gasteiger partial charge in [-0.15, -0.1) is 0 Å². The lowest BCUT2D eigenvalue weighted by molar-refractivity contribution is 0.271. The van der Waals surface area contributed by atoms with Crippen molar-refractivity contribution in [3.8, 4) is 0 Å². The summed E-state index contributed by atoms with van der Waals surface area (Å²) in [6.45, 7) is 7.63. The molecule has 0 amide bonds. The third kappa shape index (κ3) is 3.90. The molecule has 2 nitrogen and oxygen atoms in total. The molecule has 1 unspecified atom stereocenters.